The summed E-state index contributed by atoms with van der Waals surface area (Å²) in [6.45, 7) is 0.578. The molecule has 2 atom stereocenters. The molecule has 0 aromatic heterocycles. The van der Waals surface area contributed by atoms with Crippen molar-refractivity contribution in [3.8, 4) is 0 Å². The van der Waals surface area contributed by atoms with Crippen molar-refractivity contribution in [1.82, 2.24) is 5.32 Å². The SMILES string of the molecule is O=C(O)[C@H]1CN[C@@H](c2ccccc2)C1. The third-order valence-electron chi connectivity index (χ3n) is 2.68. The van der Waals surface area contributed by atoms with Gasteiger partial charge in [-0.25, -0.2) is 0 Å². The molecule has 0 amide bonds. The van der Waals surface area contributed by atoms with E-state index in [2.05, 4.69) is 5.32 Å². The summed E-state index contributed by atoms with van der Waals surface area (Å²) in [5.41, 5.74) is 1.18. The maximum atomic E-state index is 10.7. The molecule has 0 bridgehead atoms. The van der Waals surface area contributed by atoms with E-state index in [0.717, 1.165) is 0 Å². The lowest BCUT2D eigenvalue weighted by molar-refractivity contribution is -0.141. The van der Waals surface area contributed by atoms with Gasteiger partial charge in [-0.3, -0.25) is 4.79 Å². The second kappa shape index (κ2) is 3.80. The van der Waals surface area contributed by atoms with Crippen LogP contribution < -0.4 is 5.32 Å². The van der Waals surface area contributed by atoms with Crippen LogP contribution in [-0.4, -0.2) is 17.6 Å². The second-order valence-electron chi connectivity index (χ2n) is 3.64. The number of hydrogen-bond acceptors (Lipinski definition) is 2. The molecule has 2 N–H and O–H groups in total. The number of carbonyl (C=O) groups is 1. The fourth-order valence-electron chi connectivity index (χ4n) is 1.86. The van der Waals surface area contributed by atoms with Gasteiger partial charge in [-0.2, -0.15) is 0 Å². The van der Waals surface area contributed by atoms with Gasteiger partial charge in [-0.05, 0) is 12.0 Å². The Kier molecular flexibility index (Phi) is 2.50. The summed E-state index contributed by atoms with van der Waals surface area (Å²) in [5, 5.41) is 12.1. The predicted octanol–water partition coefficient (Wildman–Crippen LogP) is 1.42. The summed E-state index contributed by atoms with van der Waals surface area (Å²) in [5.74, 6) is -0.934. The van der Waals surface area contributed by atoms with Crippen LogP contribution in [0, 0.1) is 5.92 Å². The predicted molar refractivity (Wildman–Crippen MR) is 52.9 cm³/mol. The molecule has 1 heterocycles. The smallest absolute Gasteiger partial charge is 0.307 e. The van der Waals surface area contributed by atoms with Crippen molar-refractivity contribution < 1.29 is 9.90 Å². The zero-order valence-electron chi connectivity index (χ0n) is 7.81. The van der Waals surface area contributed by atoms with Gasteiger partial charge in [0.05, 0.1) is 5.92 Å². The number of nitrogens with one attached hydrogen (secondary N) is 1. The summed E-state index contributed by atoms with van der Waals surface area (Å²) in [6, 6.07) is 10.2. The average molecular weight is 191 g/mol. The van der Waals surface area contributed by atoms with Gasteiger partial charge < -0.3 is 10.4 Å². The molecule has 14 heavy (non-hydrogen) atoms. The highest BCUT2D eigenvalue weighted by atomic mass is 16.4. The first-order valence-corrected chi connectivity index (χ1v) is 4.78. The monoisotopic (exact) mass is 191 g/mol. The van der Waals surface area contributed by atoms with Crippen LogP contribution >= 0.6 is 0 Å². The van der Waals surface area contributed by atoms with Crippen LogP contribution in [0.15, 0.2) is 30.3 Å². The molecule has 1 saturated heterocycles. The molecule has 0 aliphatic carbocycles. The Morgan fingerprint density at radius 1 is 1.36 bits per heavy atom. The van der Waals surface area contributed by atoms with Gasteiger partial charge in [-0.1, -0.05) is 30.3 Å². The molecule has 3 heteroatoms. The van der Waals surface area contributed by atoms with E-state index >= 15 is 0 Å². The summed E-state index contributed by atoms with van der Waals surface area (Å²) in [6.07, 6.45) is 0.694. The number of rotatable bonds is 2. The van der Waals surface area contributed by atoms with Crippen LogP contribution in [0.5, 0.6) is 0 Å². The Bertz CT molecular complexity index is 323. The van der Waals surface area contributed by atoms with E-state index in [4.69, 9.17) is 5.11 Å². The minimum atomic E-state index is -0.698. The molecule has 1 aromatic rings. The lowest BCUT2D eigenvalue weighted by Gasteiger charge is -2.09. The zero-order chi connectivity index (χ0) is 9.97. The van der Waals surface area contributed by atoms with Gasteiger partial charge >= 0.3 is 5.97 Å². The van der Waals surface area contributed by atoms with E-state index in [1.54, 1.807) is 0 Å². The van der Waals surface area contributed by atoms with Crippen molar-refractivity contribution in [2.24, 2.45) is 5.92 Å². The highest BCUT2D eigenvalue weighted by Crippen LogP contribution is 2.26. The maximum Gasteiger partial charge on any atom is 0.307 e. The third kappa shape index (κ3) is 1.77. The van der Waals surface area contributed by atoms with Crippen molar-refractivity contribution >= 4 is 5.97 Å². The van der Waals surface area contributed by atoms with Crippen LogP contribution in [0.4, 0.5) is 0 Å². The fourth-order valence-corrected chi connectivity index (χ4v) is 1.86. The lowest BCUT2D eigenvalue weighted by Crippen LogP contribution is -2.17. The molecule has 0 saturated carbocycles. The molecule has 2 rings (SSSR count). The Labute approximate surface area is 82.8 Å². The molecule has 0 spiro atoms. The van der Waals surface area contributed by atoms with E-state index in [-0.39, 0.29) is 12.0 Å². The summed E-state index contributed by atoms with van der Waals surface area (Å²) in [7, 11) is 0. The van der Waals surface area contributed by atoms with E-state index in [1.165, 1.54) is 5.56 Å². The van der Waals surface area contributed by atoms with E-state index < -0.39 is 5.97 Å². The molecule has 1 fully saturated rings. The molecular formula is C11H13NO2. The topological polar surface area (TPSA) is 49.3 Å². The molecule has 1 aliphatic rings. The zero-order valence-corrected chi connectivity index (χ0v) is 7.81. The van der Waals surface area contributed by atoms with Gasteiger partial charge in [0.15, 0.2) is 0 Å². The first-order chi connectivity index (χ1) is 6.77. The molecule has 74 valence electrons. The summed E-state index contributed by atoms with van der Waals surface area (Å²) in [4.78, 5) is 10.7. The Morgan fingerprint density at radius 3 is 2.64 bits per heavy atom. The van der Waals surface area contributed by atoms with Gasteiger partial charge in [-0.15, -0.1) is 0 Å². The molecule has 0 radical (unpaired) electrons. The van der Waals surface area contributed by atoms with Gasteiger partial charge in [0, 0.05) is 12.6 Å². The van der Waals surface area contributed by atoms with E-state index in [1.807, 2.05) is 30.3 Å². The second-order valence-corrected chi connectivity index (χ2v) is 3.64. The minimum Gasteiger partial charge on any atom is -0.481 e. The van der Waals surface area contributed by atoms with Crippen LogP contribution in [-0.2, 0) is 4.79 Å². The molecule has 1 aliphatic heterocycles. The number of carboxylic acid groups (broad SMARTS) is 1. The highest BCUT2D eigenvalue weighted by molar-refractivity contribution is 5.70. The molecule has 0 unspecified atom stereocenters. The number of benzene rings is 1. The van der Waals surface area contributed by atoms with E-state index in [9.17, 15) is 4.79 Å². The standard InChI is InChI=1S/C11H13NO2/c13-11(14)9-6-10(12-7-9)8-4-2-1-3-5-8/h1-5,9-10,12H,6-7H2,(H,13,14)/t9-,10-/m1/s1. The number of hydrogen-bond donors (Lipinski definition) is 2. The van der Waals surface area contributed by atoms with Crippen LogP contribution in [0.2, 0.25) is 0 Å². The van der Waals surface area contributed by atoms with Gasteiger partial charge in [0.25, 0.3) is 0 Å². The molecule has 3 nitrogen and oxygen atoms in total. The number of carboxylic acids is 1. The van der Waals surface area contributed by atoms with Gasteiger partial charge in [0.1, 0.15) is 0 Å². The highest BCUT2D eigenvalue weighted by Gasteiger charge is 2.29. The van der Waals surface area contributed by atoms with Crippen molar-refractivity contribution in [3.63, 3.8) is 0 Å². The van der Waals surface area contributed by atoms with Crippen molar-refractivity contribution in [2.75, 3.05) is 6.54 Å². The Balaban J connectivity index is 2.06. The van der Waals surface area contributed by atoms with Crippen molar-refractivity contribution in [1.29, 1.82) is 0 Å². The Morgan fingerprint density at radius 2 is 2.07 bits per heavy atom. The number of aliphatic carboxylic acids is 1. The molecule has 1 aromatic carbocycles. The normalized spacial score (nSPS) is 26.3. The largest absolute Gasteiger partial charge is 0.481 e. The Hall–Kier alpha value is -1.35. The lowest BCUT2D eigenvalue weighted by atomic mass is 10.0. The van der Waals surface area contributed by atoms with Gasteiger partial charge in [0.2, 0.25) is 0 Å². The maximum absolute atomic E-state index is 10.7. The first-order valence-electron chi connectivity index (χ1n) is 4.78. The van der Waals surface area contributed by atoms with E-state index in [0.29, 0.717) is 13.0 Å². The van der Waals surface area contributed by atoms with Crippen LogP contribution in [0.1, 0.15) is 18.0 Å². The van der Waals surface area contributed by atoms with Crippen LogP contribution in [0.25, 0.3) is 0 Å². The minimum absolute atomic E-state index is 0.206. The fraction of sp³-hybridized carbons (Fsp3) is 0.364. The molecular weight excluding hydrogens is 178 g/mol. The summed E-state index contributed by atoms with van der Waals surface area (Å²) >= 11 is 0. The van der Waals surface area contributed by atoms with Crippen molar-refractivity contribution in [2.45, 2.75) is 12.5 Å². The average Bonchev–Trinajstić information content (AvgIpc) is 2.68. The van der Waals surface area contributed by atoms with Crippen LogP contribution in [0.3, 0.4) is 0 Å². The quantitative estimate of drug-likeness (QED) is 0.743. The summed E-state index contributed by atoms with van der Waals surface area (Å²) < 4.78 is 0. The first kappa shape index (κ1) is 9.21. The third-order valence-corrected chi connectivity index (χ3v) is 2.68. The van der Waals surface area contributed by atoms with Crippen molar-refractivity contribution in [3.05, 3.63) is 35.9 Å².